The molecule has 4 heterocycles. The molecule has 122 valence electrons. The van der Waals surface area contributed by atoms with E-state index in [4.69, 9.17) is 15.8 Å². The number of pyridine rings is 1. The topological polar surface area (TPSA) is 92.3 Å². The van der Waals surface area contributed by atoms with Gasteiger partial charge >= 0.3 is 6.09 Å². The van der Waals surface area contributed by atoms with Crippen molar-refractivity contribution >= 4 is 33.8 Å². The average molecular weight is 358 g/mol. The number of amides is 1. The number of carboxylic acid groups (broad SMARTS) is 1. The van der Waals surface area contributed by atoms with Gasteiger partial charge in [-0.3, -0.25) is 4.98 Å². The maximum atomic E-state index is 11.2. The summed E-state index contributed by atoms with van der Waals surface area (Å²) < 4.78 is 0. The highest BCUT2D eigenvalue weighted by Gasteiger charge is 2.27. The number of nitrogens with zero attached hydrogens (tertiary/aromatic N) is 3. The maximum absolute atomic E-state index is 11.2. The maximum Gasteiger partial charge on any atom is 0.407 e. The number of anilines is 1. The molecule has 0 bridgehead atoms. The first-order valence-corrected chi connectivity index (χ1v) is 9.08. The number of hydrogen-bond donors (Lipinski definition) is 2. The number of fused-ring (bicyclic) bond motifs is 1. The summed E-state index contributed by atoms with van der Waals surface area (Å²) in [4.78, 5) is 22.6. The zero-order valence-corrected chi connectivity index (χ0v) is 14.2. The number of rotatable bonds is 2. The lowest BCUT2D eigenvalue weighted by molar-refractivity contribution is 0.140. The van der Waals surface area contributed by atoms with E-state index in [1.54, 1.807) is 17.5 Å². The number of nitrogen functional groups attached to an aromatic ring is 1. The molecule has 1 amide bonds. The van der Waals surface area contributed by atoms with Crippen molar-refractivity contribution in [3.05, 3.63) is 40.2 Å². The number of thiazole rings is 1. The molecule has 0 unspecified atom stereocenters. The van der Waals surface area contributed by atoms with Crippen molar-refractivity contribution in [1.82, 2.24) is 14.9 Å². The highest BCUT2D eigenvalue weighted by molar-refractivity contribution is 7.18. The minimum atomic E-state index is -0.888. The van der Waals surface area contributed by atoms with Crippen LogP contribution >= 0.6 is 22.7 Å². The summed E-state index contributed by atoms with van der Waals surface area (Å²) in [6.07, 6.45) is 1.53. The summed E-state index contributed by atoms with van der Waals surface area (Å²) in [6.45, 7) is 0.891. The molecule has 3 N–H and O–H groups in total. The van der Waals surface area contributed by atoms with Gasteiger partial charge in [0.15, 0.2) is 0 Å². The van der Waals surface area contributed by atoms with Crippen LogP contribution in [0.5, 0.6) is 0 Å². The van der Waals surface area contributed by atoms with Gasteiger partial charge in [-0.25, -0.2) is 9.78 Å². The second-order valence-electron chi connectivity index (χ2n) is 5.45. The van der Waals surface area contributed by atoms with Crippen molar-refractivity contribution in [1.29, 1.82) is 0 Å². The van der Waals surface area contributed by atoms with Crippen molar-refractivity contribution in [2.75, 3.05) is 12.3 Å². The van der Waals surface area contributed by atoms with E-state index in [2.05, 4.69) is 4.98 Å². The number of carbonyl (C=O) groups is 1. The molecule has 0 atom stereocenters. The van der Waals surface area contributed by atoms with Crippen molar-refractivity contribution in [2.24, 2.45) is 0 Å². The molecular formula is C16H14N4O2S2. The predicted octanol–water partition coefficient (Wildman–Crippen LogP) is 3.55. The Kier molecular flexibility index (Phi) is 3.70. The Labute approximate surface area is 146 Å². The molecule has 3 aromatic heterocycles. The summed E-state index contributed by atoms with van der Waals surface area (Å²) in [5.41, 5.74) is 9.99. The Morgan fingerprint density at radius 3 is 2.96 bits per heavy atom. The molecule has 8 heteroatoms. The fraction of sp³-hybridized carbons (Fsp3) is 0.188. The minimum absolute atomic E-state index is 0.401. The molecular weight excluding hydrogens is 344 g/mol. The Hall–Kier alpha value is -2.45. The molecule has 1 aliphatic heterocycles. The summed E-state index contributed by atoms with van der Waals surface area (Å²) >= 11 is 3.00. The lowest BCUT2D eigenvalue weighted by Gasteiger charge is -2.24. The molecule has 3 aromatic rings. The van der Waals surface area contributed by atoms with E-state index in [1.165, 1.54) is 16.2 Å². The van der Waals surface area contributed by atoms with Crippen LogP contribution in [-0.4, -0.2) is 32.6 Å². The van der Waals surface area contributed by atoms with Crippen molar-refractivity contribution in [3.63, 3.8) is 0 Å². The molecule has 24 heavy (non-hydrogen) atoms. The van der Waals surface area contributed by atoms with Gasteiger partial charge < -0.3 is 15.7 Å². The van der Waals surface area contributed by atoms with Gasteiger partial charge in [-0.1, -0.05) is 6.07 Å². The second kappa shape index (κ2) is 5.88. The Morgan fingerprint density at radius 1 is 1.33 bits per heavy atom. The van der Waals surface area contributed by atoms with E-state index in [0.29, 0.717) is 24.5 Å². The molecule has 0 radical (unpaired) electrons. The summed E-state index contributed by atoms with van der Waals surface area (Å²) in [7, 11) is 0. The first-order valence-electron chi connectivity index (χ1n) is 7.38. The first kappa shape index (κ1) is 15.1. The van der Waals surface area contributed by atoms with E-state index < -0.39 is 6.09 Å². The molecule has 0 aromatic carbocycles. The second-order valence-corrected chi connectivity index (χ2v) is 7.44. The zero-order valence-electron chi connectivity index (χ0n) is 12.6. The Balaban J connectivity index is 1.71. The third-order valence-electron chi connectivity index (χ3n) is 4.00. The lowest BCUT2D eigenvalue weighted by atomic mass is 10.0. The van der Waals surface area contributed by atoms with Gasteiger partial charge in [0.2, 0.25) is 0 Å². The van der Waals surface area contributed by atoms with Crippen LogP contribution in [0.25, 0.3) is 22.0 Å². The van der Waals surface area contributed by atoms with Crippen LogP contribution in [0.2, 0.25) is 0 Å². The van der Waals surface area contributed by atoms with Crippen LogP contribution in [0.3, 0.4) is 0 Å². The third-order valence-corrected chi connectivity index (χ3v) is 5.91. The van der Waals surface area contributed by atoms with Crippen LogP contribution in [-0.2, 0) is 13.0 Å². The first-order chi connectivity index (χ1) is 11.6. The van der Waals surface area contributed by atoms with E-state index in [1.807, 2.05) is 23.6 Å². The summed E-state index contributed by atoms with van der Waals surface area (Å²) in [5.74, 6) is 0. The molecule has 4 rings (SSSR count). The number of nitrogens with two attached hydrogens (primary N) is 1. The van der Waals surface area contributed by atoms with Gasteiger partial charge in [-0.05, 0) is 24.1 Å². The van der Waals surface area contributed by atoms with Crippen LogP contribution in [0, 0.1) is 0 Å². The molecule has 0 fully saturated rings. The van der Waals surface area contributed by atoms with Gasteiger partial charge in [0, 0.05) is 28.6 Å². The van der Waals surface area contributed by atoms with Crippen molar-refractivity contribution < 1.29 is 9.90 Å². The van der Waals surface area contributed by atoms with E-state index in [-0.39, 0.29) is 0 Å². The van der Waals surface area contributed by atoms with E-state index in [9.17, 15) is 4.79 Å². The Bertz CT molecular complexity index is 904. The van der Waals surface area contributed by atoms with Gasteiger partial charge in [0.25, 0.3) is 0 Å². The molecule has 0 saturated heterocycles. The molecule has 0 saturated carbocycles. The highest BCUT2D eigenvalue weighted by atomic mass is 32.1. The number of hydrogen-bond acceptors (Lipinski definition) is 6. The fourth-order valence-corrected chi connectivity index (χ4v) is 4.94. The van der Waals surface area contributed by atoms with Gasteiger partial charge in [0.05, 0.1) is 17.2 Å². The normalized spacial score (nSPS) is 13.8. The van der Waals surface area contributed by atoms with Crippen LogP contribution < -0.4 is 5.73 Å². The Morgan fingerprint density at radius 2 is 2.21 bits per heavy atom. The van der Waals surface area contributed by atoms with Crippen molar-refractivity contribution in [2.45, 2.75) is 13.0 Å². The van der Waals surface area contributed by atoms with E-state index >= 15 is 0 Å². The zero-order chi connectivity index (χ0) is 16.7. The molecule has 1 aliphatic rings. The predicted molar refractivity (Wildman–Crippen MR) is 95.2 cm³/mol. The third kappa shape index (κ3) is 2.53. The molecule has 6 nitrogen and oxygen atoms in total. The average Bonchev–Trinajstić information content (AvgIpc) is 3.18. The smallest absolute Gasteiger partial charge is 0.407 e. The fourth-order valence-electron chi connectivity index (χ4n) is 2.84. The number of aromatic nitrogens is 2. The summed E-state index contributed by atoms with van der Waals surface area (Å²) in [6, 6.07) is 5.73. The quantitative estimate of drug-likeness (QED) is 0.731. The summed E-state index contributed by atoms with van der Waals surface area (Å²) in [5, 5.41) is 12.7. The monoisotopic (exact) mass is 358 g/mol. The minimum Gasteiger partial charge on any atom is -0.465 e. The standard InChI is InChI=1S/C16H14N4O2S2/c17-14-13(9-4-6-20(16(21)22)7-12(9)24-14)15-19-11(8-23-15)10-3-1-2-5-18-10/h1-3,5,8H,4,6-7,17H2,(H,21,22). The van der Waals surface area contributed by atoms with E-state index in [0.717, 1.165) is 32.4 Å². The van der Waals surface area contributed by atoms with Crippen LogP contribution in [0.15, 0.2) is 29.8 Å². The van der Waals surface area contributed by atoms with Crippen molar-refractivity contribution in [3.8, 4) is 22.0 Å². The number of thiophene rings is 1. The lowest BCUT2D eigenvalue weighted by Crippen LogP contribution is -2.34. The van der Waals surface area contributed by atoms with Gasteiger partial charge in [0.1, 0.15) is 10.7 Å². The largest absolute Gasteiger partial charge is 0.465 e. The van der Waals surface area contributed by atoms with Gasteiger partial charge in [-0.15, -0.1) is 22.7 Å². The van der Waals surface area contributed by atoms with Crippen LogP contribution in [0.4, 0.5) is 9.80 Å². The van der Waals surface area contributed by atoms with Crippen LogP contribution in [0.1, 0.15) is 10.4 Å². The SMILES string of the molecule is Nc1sc2c(c1-c1nc(-c3ccccn3)cs1)CCN(C(=O)O)C2. The highest BCUT2D eigenvalue weighted by Crippen LogP contribution is 2.43. The molecule has 0 spiro atoms. The molecule has 0 aliphatic carbocycles. The van der Waals surface area contributed by atoms with Gasteiger partial charge in [-0.2, -0.15) is 0 Å².